The first-order valence-corrected chi connectivity index (χ1v) is 8.15. The summed E-state index contributed by atoms with van der Waals surface area (Å²) in [6, 6.07) is 8.92. The fraction of sp³-hybridized carbons (Fsp3) is 0.611. The molecule has 0 spiro atoms. The third-order valence-corrected chi connectivity index (χ3v) is 4.46. The van der Waals surface area contributed by atoms with Gasteiger partial charge < -0.3 is 10.6 Å². The highest BCUT2D eigenvalue weighted by atomic mass is 16.1. The summed E-state index contributed by atoms with van der Waals surface area (Å²) in [5.74, 6) is 1.30. The lowest BCUT2D eigenvalue weighted by atomic mass is 9.94. The second-order valence-corrected chi connectivity index (χ2v) is 6.54. The van der Waals surface area contributed by atoms with E-state index in [2.05, 4.69) is 55.7 Å². The fourth-order valence-corrected chi connectivity index (χ4v) is 2.79. The van der Waals surface area contributed by atoms with Crippen LogP contribution in [0.2, 0.25) is 0 Å². The molecule has 0 aromatic heterocycles. The minimum Gasteiger partial charge on any atom is -0.352 e. The quantitative estimate of drug-likeness (QED) is 0.875. The summed E-state index contributed by atoms with van der Waals surface area (Å²) >= 11 is 0. The van der Waals surface area contributed by atoms with Gasteiger partial charge >= 0.3 is 0 Å². The van der Waals surface area contributed by atoms with Crippen LogP contribution in [0.15, 0.2) is 24.3 Å². The van der Waals surface area contributed by atoms with E-state index in [0.717, 1.165) is 25.9 Å². The third kappa shape index (κ3) is 4.85. The van der Waals surface area contributed by atoms with Crippen LogP contribution in [-0.4, -0.2) is 25.0 Å². The van der Waals surface area contributed by atoms with Crippen molar-refractivity contribution in [2.75, 3.05) is 13.1 Å². The highest BCUT2D eigenvalue weighted by Crippen LogP contribution is 2.16. The standard InChI is InChI=1S/C18H28N2O/c1-13(2)16-7-4-15(5-8-16)6-9-18(21)20-17-12-19-11-10-14(17)3/h4-5,7-8,13-14,17,19H,6,9-12H2,1-3H3,(H,20,21). The molecule has 2 N–H and O–H groups in total. The van der Waals surface area contributed by atoms with E-state index < -0.39 is 0 Å². The molecule has 21 heavy (non-hydrogen) atoms. The van der Waals surface area contributed by atoms with Crippen molar-refractivity contribution in [2.45, 2.75) is 52.0 Å². The van der Waals surface area contributed by atoms with E-state index in [4.69, 9.17) is 0 Å². The normalized spacial score (nSPS) is 22.3. The Bertz CT molecular complexity index is 453. The van der Waals surface area contributed by atoms with Crippen molar-refractivity contribution in [3.63, 3.8) is 0 Å². The fourth-order valence-electron chi connectivity index (χ4n) is 2.79. The Morgan fingerprint density at radius 1 is 1.33 bits per heavy atom. The summed E-state index contributed by atoms with van der Waals surface area (Å²) in [6.07, 6.45) is 2.53. The Hall–Kier alpha value is -1.35. The van der Waals surface area contributed by atoms with Crippen LogP contribution in [0.4, 0.5) is 0 Å². The van der Waals surface area contributed by atoms with Gasteiger partial charge in [0, 0.05) is 19.0 Å². The smallest absolute Gasteiger partial charge is 0.220 e. The molecular formula is C18H28N2O. The molecule has 0 aliphatic carbocycles. The Balaban J connectivity index is 1.78. The molecular weight excluding hydrogens is 260 g/mol. The van der Waals surface area contributed by atoms with Crippen LogP contribution in [-0.2, 0) is 11.2 Å². The van der Waals surface area contributed by atoms with E-state index in [1.807, 2.05) is 0 Å². The minimum atomic E-state index is 0.170. The topological polar surface area (TPSA) is 41.1 Å². The molecule has 1 aromatic rings. The monoisotopic (exact) mass is 288 g/mol. The molecule has 1 saturated heterocycles. The van der Waals surface area contributed by atoms with E-state index in [-0.39, 0.29) is 11.9 Å². The molecule has 0 radical (unpaired) electrons. The number of carbonyl (C=O) groups excluding carboxylic acids is 1. The van der Waals surface area contributed by atoms with Gasteiger partial charge in [-0.1, -0.05) is 45.0 Å². The Kier molecular flexibility index (Phi) is 5.80. The van der Waals surface area contributed by atoms with Crippen LogP contribution in [0, 0.1) is 5.92 Å². The average molecular weight is 288 g/mol. The largest absolute Gasteiger partial charge is 0.352 e. The predicted octanol–water partition coefficient (Wildman–Crippen LogP) is 2.86. The van der Waals surface area contributed by atoms with Crippen LogP contribution in [0.3, 0.4) is 0 Å². The molecule has 1 amide bonds. The van der Waals surface area contributed by atoms with Gasteiger partial charge in [0.2, 0.25) is 5.91 Å². The van der Waals surface area contributed by atoms with Crippen molar-refractivity contribution in [3.05, 3.63) is 35.4 Å². The van der Waals surface area contributed by atoms with E-state index >= 15 is 0 Å². The second kappa shape index (κ2) is 7.60. The summed E-state index contributed by atoms with van der Waals surface area (Å²) in [5.41, 5.74) is 2.59. The van der Waals surface area contributed by atoms with Gasteiger partial charge in [-0.2, -0.15) is 0 Å². The van der Waals surface area contributed by atoms with Gasteiger partial charge in [0.1, 0.15) is 0 Å². The summed E-state index contributed by atoms with van der Waals surface area (Å²) in [6.45, 7) is 8.58. The molecule has 2 rings (SSSR count). The lowest BCUT2D eigenvalue weighted by Gasteiger charge is -2.30. The van der Waals surface area contributed by atoms with Crippen molar-refractivity contribution in [1.82, 2.24) is 10.6 Å². The minimum absolute atomic E-state index is 0.170. The second-order valence-electron chi connectivity index (χ2n) is 6.54. The zero-order chi connectivity index (χ0) is 15.2. The molecule has 0 bridgehead atoms. The Morgan fingerprint density at radius 2 is 2.05 bits per heavy atom. The Labute approximate surface area is 128 Å². The molecule has 3 heteroatoms. The number of amides is 1. The Morgan fingerprint density at radius 3 is 2.67 bits per heavy atom. The number of hydrogen-bond donors (Lipinski definition) is 2. The van der Waals surface area contributed by atoms with E-state index in [1.54, 1.807) is 0 Å². The molecule has 2 atom stereocenters. The van der Waals surface area contributed by atoms with Crippen LogP contribution in [0.5, 0.6) is 0 Å². The molecule has 116 valence electrons. The number of aryl methyl sites for hydroxylation is 1. The maximum absolute atomic E-state index is 12.1. The number of nitrogens with one attached hydrogen (secondary N) is 2. The van der Waals surface area contributed by atoms with Gasteiger partial charge in [-0.05, 0) is 42.3 Å². The highest BCUT2D eigenvalue weighted by Gasteiger charge is 2.22. The van der Waals surface area contributed by atoms with Crippen LogP contribution < -0.4 is 10.6 Å². The van der Waals surface area contributed by atoms with Crippen LogP contribution in [0.25, 0.3) is 0 Å². The molecule has 1 aliphatic heterocycles. The van der Waals surface area contributed by atoms with Gasteiger partial charge in [-0.3, -0.25) is 4.79 Å². The van der Waals surface area contributed by atoms with E-state index in [9.17, 15) is 4.79 Å². The van der Waals surface area contributed by atoms with Crippen molar-refractivity contribution < 1.29 is 4.79 Å². The number of piperidine rings is 1. The van der Waals surface area contributed by atoms with Crippen molar-refractivity contribution in [1.29, 1.82) is 0 Å². The molecule has 1 fully saturated rings. The van der Waals surface area contributed by atoms with Crippen molar-refractivity contribution in [2.24, 2.45) is 5.92 Å². The van der Waals surface area contributed by atoms with Gasteiger partial charge in [-0.15, -0.1) is 0 Å². The summed E-state index contributed by atoms with van der Waals surface area (Å²) in [4.78, 5) is 12.1. The predicted molar refractivity (Wildman–Crippen MR) is 87.4 cm³/mol. The number of benzene rings is 1. The summed E-state index contributed by atoms with van der Waals surface area (Å²) in [7, 11) is 0. The average Bonchev–Trinajstić information content (AvgIpc) is 2.48. The summed E-state index contributed by atoms with van der Waals surface area (Å²) in [5, 5.41) is 6.51. The SMILES string of the molecule is CC(C)c1ccc(CCC(=O)NC2CNCCC2C)cc1. The van der Waals surface area contributed by atoms with E-state index in [1.165, 1.54) is 11.1 Å². The van der Waals surface area contributed by atoms with Crippen molar-refractivity contribution in [3.8, 4) is 0 Å². The molecule has 1 aromatic carbocycles. The maximum atomic E-state index is 12.1. The first-order valence-electron chi connectivity index (χ1n) is 8.15. The maximum Gasteiger partial charge on any atom is 0.220 e. The van der Waals surface area contributed by atoms with Crippen LogP contribution >= 0.6 is 0 Å². The zero-order valence-corrected chi connectivity index (χ0v) is 13.5. The van der Waals surface area contributed by atoms with Crippen LogP contribution in [0.1, 0.15) is 50.7 Å². The highest BCUT2D eigenvalue weighted by molar-refractivity contribution is 5.76. The molecule has 1 aliphatic rings. The van der Waals surface area contributed by atoms with E-state index in [0.29, 0.717) is 18.3 Å². The van der Waals surface area contributed by atoms with Crippen molar-refractivity contribution >= 4 is 5.91 Å². The lowest BCUT2D eigenvalue weighted by molar-refractivity contribution is -0.122. The first-order chi connectivity index (χ1) is 10.1. The molecule has 1 heterocycles. The number of hydrogen-bond acceptors (Lipinski definition) is 2. The third-order valence-electron chi connectivity index (χ3n) is 4.46. The molecule has 0 saturated carbocycles. The zero-order valence-electron chi connectivity index (χ0n) is 13.5. The lowest BCUT2D eigenvalue weighted by Crippen LogP contribution is -2.50. The van der Waals surface area contributed by atoms with Gasteiger partial charge in [-0.25, -0.2) is 0 Å². The number of carbonyl (C=O) groups is 1. The molecule has 2 unspecified atom stereocenters. The van der Waals surface area contributed by atoms with Gasteiger partial charge in [0.25, 0.3) is 0 Å². The summed E-state index contributed by atoms with van der Waals surface area (Å²) < 4.78 is 0. The van der Waals surface area contributed by atoms with Gasteiger partial charge in [0.05, 0.1) is 0 Å². The number of rotatable bonds is 5. The molecule has 3 nitrogen and oxygen atoms in total. The van der Waals surface area contributed by atoms with Gasteiger partial charge in [0.15, 0.2) is 0 Å². The first kappa shape index (κ1) is 16.0.